The van der Waals surface area contributed by atoms with Crippen LogP contribution in [0.25, 0.3) is 0 Å². The Labute approximate surface area is 168 Å². The van der Waals surface area contributed by atoms with Crippen LogP contribution in [0.4, 0.5) is 0 Å². The van der Waals surface area contributed by atoms with Gasteiger partial charge in [-0.1, -0.05) is 50.3 Å². The van der Waals surface area contributed by atoms with Crippen molar-refractivity contribution in [3.8, 4) is 0 Å². The summed E-state index contributed by atoms with van der Waals surface area (Å²) in [7, 11) is 1.83. The van der Waals surface area contributed by atoms with E-state index in [1.807, 2.05) is 56.1 Å². The third-order valence-corrected chi connectivity index (χ3v) is 5.52. The van der Waals surface area contributed by atoms with E-state index in [0.29, 0.717) is 17.7 Å². The predicted octanol–water partition coefficient (Wildman–Crippen LogP) is 4.20. The van der Waals surface area contributed by atoms with E-state index in [-0.39, 0.29) is 25.2 Å². The van der Waals surface area contributed by atoms with Crippen LogP contribution in [-0.4, -0.2) is 37.1 Å². The topological polar surface area (TPSA) is 55.8 Å². The van der Waals surface area contributed by atoms with E-state index in [9.17, 15) is 9.59 Å². The molecule has 0 saturated heterocycles. The SMILES string of the molecule is C=C1N(C)C(C)=C(C(=O)OCC)[C@H](CCC)[C@@]1(C(=O)OCC)c1ccccc1. The van der Waals surface area contributed by atoms with Gasteiger partial charge in [0.25, 0.3) is 0 Å². The first-order valence-corrected chi connectivity index (χ1v) is 9.91. The second kappa shape index (κ2) is 9.09. The number of nitrogens with zero attached hydrogens (tertiary/aromatic N) is 1. The summed E-state index contributed by atoms with van der Waals surface area (Å²) < 4.78 is 10.9. The highest BCUT2D eigenvalue weighted by Crippen LogP contribution is 2.51. The Hall–Kier alpha value is -2.56. The van der Waals surface area contributed by atoms with Gasteiger partial charge in [-0.25, -0.2) is 4.79 Å². The predicted molar refractivity (Wildman–Crippen MR) is 109 cm³/mol. The van der Waals surface area contributed by atoms with Crippen molar-refractivity contribution in [2.45, 2.75) is 46.0 Å². The van der Waals surface area contributed by atoms with E-state index < -0.39 is 11.3 Å². The molecule has 0 saturated carbocycles. The highest BCUT2D eigenvalue weighted by atomic mass is 16.5. The van der Waals surface area contributed by atoms with Gasteiger partial charge in [-0.05, 0) is 32.8 Å². The van der Waals surface area contributed by atoms with Crippen molar-refractivity contribution in [3.05, 3.63) is 59.4 Å². The Morgan fingerprint density at radius 1 is 1.11 bits per heavy atom. The number of benzene rings is 1. The molecule has 1 aromatic rings. The van der Waals surface area contributed by atoms with Gasteiger partial charge in [0.15, 0.2) is 0 Å². The third kappa shape index (κ3) is 3.46. The van der Waals surface area contributed by atoms with E-state index in [0.717, 1.165) is 17.7 Å². The van der Waals surface area contributed by atoms with Gasteiger partial charge in [-0.3, -0.25) is 4.79 Å². The van der Waals surface area contributed by atoms with Crippen LogP contribution in [0, 0.1) is 5.92 Å². The molecular formula is C23H31NO4. The van der Waals surface area contributed by atoms with Gasteiger partial charge in [0.05, 0.1) is 18.8 Å². The molecule has 5 nitrogen and oxygen atoms in total. The van der Waals surface area contributed by atoms with Crippen molar-refractivity contribution in [1.29, 1.82) is 0 Å². The first-order valence-electron chi connectivity index (χ1n) is 9.91. The maximum atomic E-state index is 13.5. The summed E-state index contributed by atoms with van der Waals surface area (Å²) in [6.07, 6.45) is 1.43. The minimum atomic E-state index is -1.18. The van der Waals surface area contributed by atoms with Gasteiger partial charge in [0, 0.05) is 24.4 Å². The lowest BCUT2D eigenvalue weighted by molar-refractivity contribution is -0.152. The molecule has 0 aromatic heterocycles. The van der Waals surface area contributed by atoms with Crippen molar-refractivity contribution in [2.24, 2.45) is 5.92 Å². The minimum absolute atomic E-state index is 0.251. The number of carbonyl (C=O) groups is 2. The van der Waals surface area contributed by atoms with Crippen molar-refractivity contribution in [2.75, 3.05) is 20.3 Å². The Morgan fingerprint density at radius 2 is 1.71 bits per heavy atom. The highest BCUT2D eigenvalue weighted by Gasteiger charge is 2.57. The lowest BCUT2D eigenvalue weighted by Crippen LogP contribution is -2.54. The Bertz CT molecular complexity index is 768. The lowest BCUT2D eigenvalue weighted by Gasteiger charge is -2.48. The summed E-state index contributed by atoms with van der Waals surface area (Å²) >= 11 is 0. The molecule has 0 N–H and O–H groups in total. The molecule has 5 heteroatoms. The van der Waals surface area contributed by atoms with Crippen LogP contribution in [-0.2, 0) is 24.5 Å². The molecule has 0 spiro atoms. The van der Waals surface area contributed by atoms with Crippen molar-refractivity contribution in [3.63, 3.8) is 0 Å². The fourth-order valence-electron chi connectivity index (χ4n) is 4.16. The van der Waals surface area contributed by atoms with Crippen LogP contribution in [0.1, 0.15) is 46.1 Å². The molecule has 152 valence electrons. The van der Waals surface area contributed by atoms with Gasteiger partial charge in [0.2, 0.25) is 0 Å². The maximum absolute atomic E-state index is 13.5. The van der Waals surface area contributed by atoms with Crippen LogP contribution in [0.15, 0.2) is 53.9 Å². The summed E-state index contributed by atoms with van der Waals surface area (Å²) in [5.41, 5.74) is 1.50. The Kier molecular flexibility index (Phi) is 7.05. The number of likely N-dealkylation sites (N-methyl/N-ethyl adjacent to an activating group) is 1. The summed E-state index contributed by atoms with van der Waals surface area (Å²) in [6.45, 7) is 12.3. The van der Waals surface area contributed by atoms with Gasteiger partial charge >= 0.3 is 11.9 Å². The molecule has 1 aromatic carbocycles. The summed E-state index contributed by atoms with van der Waals surface area (Å²) in [5.74, 6) is -1.19. The van der Waals surface area contributed by atoms with E-state index >= 15 is 0 Å². The number of hydrogen-bond donors (Lipinski definition) is 0. The average Bonchev–Trinajstić information content (AvgIpc) is 2.68. The fraction of sp³-hybridized carbons (Fsp3) is 0.478. The number of allylic oxidation sites excluding steroid dienone is 1. The molecule has 28 heavy (non-hydrogen) atoms. The first kappa shape index (κ1) is 21.7. The smallest absolute Gasteiger partial charge is 0.336 e. The largest absolute Gasteiger partial charge is 0.465 e. The number of hydrogen-bond acceptors (Lipinski definition) is 5. The van der Waals surface area contributed by atoms with E-state index in [1.165, 1.54) is 0 Å². The summed E-state index contributed by atoms with van der Waals surface area (Å²) in [4.78, 5) is 28.3. The molecule has 2 rings (SSSR count). The maximum Gasteiger partial charge on any atom is 0.336 e. The molecule has 0 bridgehead atoms. The zero-order valence-corrected chi connectivity index (χ0v) is 17.6. The van der Waals surface area contributed by atoms with Crippen molar-refractivity contribution >= 4 is 11.9 Å². The van der Waals surface area contributed by atoms with Crippen molar-refractivity contribution in [1.82, 2.24) is 4.90 Å². The van der Waals surface area contributed by atoms with Gasteiger partial charge in [-0.15, -0.1) is 0 Å². The third-order valence-electron chi connectivity index (χ3n) is 5.52. The average molecular weight is 386 g/mol. The van der Waals surface area contributed by atoms with Crippen LogP contribution < -0.4 is 0 Å². The molecule has 1 aliphatic heterocycles. The second-order valence-corrected chi connectivity index (χ2v) is 6.96. The van der Waals surface area contributed by atoms with Crippen LogP contribution in [0.2, 0.25) is 0 Å². The molecule has 1 aliphatic rings. The van der Waals surface area contributed by atoms with Gasteiger partial charge in [-0.2, -0.15) is 0 Å². The molecule has 0 unspecified atom stereocenters. The summed E-state index contributed by atoms with van der Waals surface area (Å²) in [6, 6.07) is 9.49. The summed E-state index contributed by atoms with van der Waals surface area (Å²) in [5, 5.41) is 0. The normalized spacial score (nSPS) is 22.2. The fourth-order valence-corrected chi connectivity index (χ4v) is 4.16. The number of rotatable bonds is 7. The Morgan fingerprint density at radius 3 is 2.25 bits per heavy atom. The van der Waals surface area contributed by atoms with Crippen LogP contribution in [0.5, 0.6) is 0 Å². The quantitative estimate of drug-likeness (QED) is 0.659. The monoisotopic (exact) mass is 385 g/mol. The van der Waals surface area contributed by atoms with Crippen molar-refractivity contribution < 1.29 is 19.1 Å². The zero-order chi connectivity index (χ0) is 20.9. The van der Waals surface area contributed by atoms with Gasteiger partial charge in [0.1, 0.15) is 5.41 Å². The molecule has 2 atom stereocenters. The number of esters is 2. The number of ether oxygens (including phenoxy) is 2. The lowest BCUT2D eigenvalue weighted by atomic mass is 9.61. The molecule has 1 heterocycles. The van der Waals surface area contributed by atoms with E-state index in [4.69, 9.17) is 9.47 Å². The first-order chi connectivity index (χ1) is 13.4. The van der Waals surface area contributed by atoms with Crippen LogP contribution in [0.3, 0.4) is 0 Å². The van der Waals surface area contributed by atoms with Gasteiger partial charge < -0.3 is 14.4 Å². The van der Waals surface area contributed by atoms with E-state index in [2.05, 4.69) is 6.58 Å². The zero-order valence-electron chi connectivity index (χ0n) is 17.6. The van der Waals surface area contributed by atoms with E-state index in [1.54, 1.807) is 13.8 Å². The highest BCUT2D eigenvalue weighted by molar-refractivity contribution is 5.96. The minimum Gasteiger partial charge on any atom is -0.465 e. The molecule has 0 amide bonds. The van der Waals surface area contributed by atoms with Crippen LogP contribution >= 0.6 is 0 Å². The number of carbonyl (C=O) groups excluding carboxylic acids is 2. The molecule has 0 aliphatic carbocycles. The second-order valence-electron chi connectivity index (χ2n) is 6.96. The standard InChI is InChI=1S/C23H31NO4/c1-7-13-19-20(21(25)27-8-2)16(4)24(6)17(5)23(19,22(26)28-9-3)18-14-11-10-12-15-18/h10-12,14-15,19H,5,7-9,13H2,1-4,6H3/t19-,23-/m0/s1. The Balaban J connectivity index is 2.85. The molecule has 0 radical (unpaired) electrons. The molecule has 0 fully saturated rings. The molecular weight excluding hydrogens is 354 g/mol.